The van der Waals surface area contributed by atoms with E-state index in [0.717, 1.165) is 15.5 Å². The van der Waals surface area contributed by atoms with Gasteiger partial charge in [-0.2, -0.15) is 5.10 Å². The van der Waals surface area contributed by atoms with Gasteiger partial charge in [0.25, 0.3) is 11.8 Å². The molecule has 0 saturated carbocycles. The van der Waals surface area contributed by atoms with Gasteiger partial charge in [0, 0.05) is 30.5 Å². The summed E-state index contributed by atoms with van der Waals surface area (Å²) in [7, 11) is 1.53. The molecular formula is C23H22FN3O3S2. The van der Waals surface area contributed by atoms with Gasteiger partial charge < -0.3 is 9.64 Å². The van der Waals surface area contributed by atoms with Crippen LogP contribution < -0.4 is 0 Å². The van der Waals surface area contributed by atoms with E-state index in [9.17, 15) is 14.0 Å². The number of nitrogens with zero attached hydrogens (tertiary/aromatic N) is 3. The highest BCUT2D eigenvalue weighted by atomic mass is 32.1. The van der Waals surface area contributed by atoms with E-state index in [1.165, 1.54) is 41.3 Å². The lowest BCUT2D eigenvalue weighted by Crippen LogP contribution is -2.42. The standard InChI is InChI=1S/C23H22FN3O3S2/c1-30-10-9-26(23(29)16-5-2-6-17(24)13-16)15-22(28)27-19(21-8-4-12-32-21)14-18(25-27)20-7-3-11-31-20/h2-8,11-13,19H,9-10,14-15H2,1H3/t19-/m1/s1. The molecule has 4 rings (SSSR count). The van der Waals surface area contributed by atoms with Crippen molar-refractivity contribution in [1.29, 1.82) is 0 Å². The molecule has 1 aliphatic rings. The smallest absolute Gasteiger partial charge is 0.262 e. The molecule has 2 aromatic heterocycles. The summed E-state index contributed by atoms with van der Waals surface area (Å²) >= 11 is 3.15. The van der Waals surface area contributed by atoms with E-state index in [1.54, 1.807) is 22.7 Å². The molecule has 3 aromatic rings. The van der Waals surface area contributed by atoms with Crippen molar-refractivity contribution in [2.45, 2.75) is 12.5 Å². The quantitative estimate of drug-likeness (QED) is 0.489. The Morgan fingerprint density at radius 1 is 1.19 bits per heavy atom. The second kappa shape index (κ2) is 10.2. The summed E-state index contributed by atoms with van der Waals surface area (Å²) in [6.07, 6.45) is 0.614. The summed E-state index contributed by atoms with van der Waals surface area (Å²) in [5.41, 5.74) is 1.04. The second-order valence-electron chi connectivity index (χ2n) is 7.23. The maximum Gasteiger partial charge on any atom is 0.262 e. The lowest BCUT2D eigenvalue weighted by atomic mass is 10.1. The molecule has 0 fully saturated rings. The number of ether oxygens (including phenoxy) is 1. The third-order valence-corrected chi connectivity index (χ3v) is 6.99. The zero-order valence-electron chi connectivity index (χ0n) is 17.4. The summed E-state index contributed by atoms with van der Waals surface area (Å²) < 4.78 is 18.8. The fourth-order valence-corrected chi connectivity index (χ4v) is 5.06. The van der Waals surface area contributed by atoms with Crippen molar-refractivity contribution in [2.75, 3.05) is 26.8 Å². The third-order valence-electron chi connectivity index (χ3n) is 5.09. The van der Waals surface area contributed by atoms with Crippen LogP contribution in [0.1, 0.15) is 32.6 Å². The van der Waals surface area contributed by atoms with Crippen LogP contribution in [0.2, 0.25) is 0 Å². The van der Waals surface area contributed by atoms with Crippen LogP contribution in [0.25, 0.3) is 0 Å². The van der Waals surface area contributed by atoms with Crippen molar-refractivity contribution in [3.63, 3.8) is 0 Å². The number of hydrazone groups is 1. The van der Waals surface area contributed by atoms with Gasteiger partial charge in [-0.05, 0) is 41.1 Å². The molecular weight excluding hydrogens is 449 g/mol. The number of carbonyl (C=O) groups excluding carboxylic acids is 2. The monoisotopic (exact) mass is 471 g/mol. The third kappa shape index (κ3) is 4.95. The molecule has 0 saturated heterocycles. The van der Waals surface area contributed by atoms with Gasteiger partial charge in [0.2, 0.25) is 0 Å². The van der Waals surface area contributed by atoms with E-state index >= 15 is 0 Å². The predicted molar refractivity (Wildman–Crippen MR) is 124 cm³/mol. The van der Waals surface area contributed by atoms with Crippen LogP contribution in [0.5, 0.6) is 0 Å². The first-order valence-electron chi connectivity index (χ1n) is 10.1. The average Bonchev–Trinajstić information content (AvgIpc) is 3.56. The Bertz CT molecular complexity index is 1100. The number of halogens is 1. The highest BCUT2D eigenvalue weighted by Crippen LogP contribution is 2.36. The topological polar surface area (TPSA) is 62.2 Å². The highest BCUT2D eigenvalue weighted by Gasteiger charge is 2.35. The molecule has 6 nitrogen and oxygen atoms in total. The van der Waals surface area contributed by atoms with Crippen LogP contribution in [-0.2, 0) is 9.53 Å². The van der Waals surface area contributed by atoms with Gasteiger partial charge >= 0.3 is 0 Å². The van der Waals surface area contributed by atoms with Crippen LogP contribution in [0.15, 0.2) is 64.4 Å². The molecule has 1 atom stereocenters. The summed E-state index contributed by atoms with van der Waals surface area (Å²) in [5, 5.41) is 10.1. The van der Waals surface area contributed by atoms with Crippen LogP contribution in [0, 0.1) is 5.82 Å². The van der Waals surface area contributed by atoms with Crippen LogP contribution >= 0.6 is 22.7 Å². The Kier molecular flexibility index (Phi) is 7.09. The Morgan fingerprint density at radius 3 is 2.69 bits per heavy atom. The molecule has 166 valence electrons. The number of rotatable bonds is 8. The van der Waals surface area contributed by atoms with E-state index in [1.807, 2.05) is 35.0 Å². The first-order valence-corrected chi connectivity index (χ1v) is 11.8. The molecule has 0 N–H and O–H groups in total. The minimum atomic E-state index is -0.503. The lowest BCUT2D eigenvalue weighted by molar-refractivity contribution is -0.133. The van der Waals surface area contributed by atoms with Crippen molar-refractivity contribution in [2.24, 2.45) is 5.10 Å². The van der Waals surface area contributed by atoms with Crippen molar-refractivity contribution in [3.05, 3.63) is 80.4 Å². The largest absolute Gasteiger partial charge is 0.383 e. The number of hydrogen-bond donors (Lipinski definition) is 0. The lowest BCUT2D eigenvalue weighted by Gasteiger charge is -2.26. The molecule has 0 spiro atoms. The zero-order valence-corrected chi connectivity index (χ0v) is 19.1. The van der Waals surface area contributed by atoms with Crippen molar-refractivity contribution < 1.29 is 18.7 Å². The Balaban J connectivity index is 1.58. The van der Waals surface area contributed by atoms with E-state index in [2.05, 4.69) is 5.10 Å². The minimum absolute atomic E-state index is 0.179. The van der Waals surface area contributed by atoms with Crippen LogP contribution in [0.3, 0.4) is 0 Å². The SMILES string of the molecule is COCCN(CC(=O)N1N=C(c2cccs2)C[C@@H]1c1cccs1)C(=O)c1cccc(F)c1. The van der Waals surface area contributed by atoms with Gasteiger partial charge in [-0.15, -0.1) is 22.7 Å². The molecule has 32 heavy (non-hydrogen) atoms. The van der Waals surface area contributed by atoms with Gasteiger partial charge in [-0.25, -0.2) is 9.40 Å². The first-order chi connectivity index (χ1) is 15.6. The van der Waals surface area contributed by atoms with Gasteiger partial charge in [0.15, 0.2) is 0 Å². The number of methoxy groups -OCH3 is 1. The van der Waals surface area contributed by atoms with Crippen LogP contribution in [0.4, 0.5) is 4.39 Å². The molecule has 3 heterocycles. The maximum atomic E-state index is 13.7. The van der Waals surface area contributed by atoms with Crippen LogP contribution in [-0.4, -0.2) is 54.2 Å². The first kappa shape index (κ1) is 22.3. The van der Waals surface area contributed by atoms with Gasteiger partial charge in [-0.3, -0.25) is 9.59 Å². The number of hydrogen-bond acceptors (Lipinski definition) is 6. The van der Waals surface area contributed by atoms with Gasteiger partial charge in [0.1, 0.15) is 12.4 Å². The second-order valence-corrected chi connectivity index (χ2v) is 9.15. The Morgan fingerprint density at radius 2 is 2.00 bits per heavy atom. The summed E-state index contributed by atoms with van der Waals surface area (Å²) in [6.45, 7) is 0.283. The Hall–Kier alpha value is -2.88. The maximum absolute atomic E-state index is 13.7. The van der Waals surface area contributed by atoms with E-state index in [4.69, 9.17) is 4.74 Å². The molecule has 1 aromatic carbocycles. The highest BCUT2D eigenvalue weighted by molar-refractivity contribution is 7.12. The van der Waals surface area contributed by atoms with E-state index < -0.39 is 11.7 Å². The van der Waals surface area contributed by atoms with Crippen molar-refractivity contribution >= 4 is 40.2 Å². The normalized spacial score (nSPS) is 15.6. The summed E-state index contributed by atoms with van der Waals surface area (Å²) in [4.78, 5) is 29.8. The molecule has 1 aliphatic heterocycles. The summed E-state index contributed by atoms with van der Waals surface area (Å²) in [6, 6.07) is 13.1. The molecule has 0 aliphatic carbocycles. The molecule has 0 bridgehead atoms. The van der Waals surface area contributed by atoms with Crippen molar-refractivity contribution in [3.8, 4) is 0 Å². The van der Waals surface area contributed by atoms with E-state index in [0.29, 0.717) is 6.42 Å². The molecule has 0 radical (unpaired) electrons. The Labute approximate surface area is 193 Å². The number of amides is 2. The number of benzene rings is 1. The molecule has 0 unspecified atom stereocenters. The zero-order chi connectivity index (χ0) is 22.5. The average molecular weight is 472 g/mol. The molecule has 9 heteroatoms. The fourth-order valence-electron chi connectivity index (χ4n) is 3.53. The number of carbonyl (C=O) groups is 2. The molecule has 2 amide bonds. The van der Waals surface area contributed by atoms with Crippen molar-refractivity contribution in [1.82, 2.24) is 9.91 Å². The minimum Gasteiger partial charge on any atom is -0.383 e. The number of thiophene rings is 2. The summed E-state index contributed by atoms with van der Waals surface area (Å²) in [5.74, 6) is -1.23. The van der Waals surface area contributed by atoms with Gasteiger partial charge in [-0.1, -0.05) is 18.2 Å². The predicted octanol–water partition coefficient (Wildman–Crippen LogP) is 4.42. The fraction of sp³-hybridized carbons (Fsp3) is 0.261. The van der Waals surface area contributed by atoms with Gasteiger partial charge in [0.05, 0.1) is 23.2 Å². The van der Waals surface area contributed by atoms with E-state index in [-0.39, 0.29) is 37.2 Å².